The van der Waals surface area contributed by atoms with E-state index in [0.717, 1.165) is 0 Å². The number of nitrogens with one attached hydrogen (secondary N) is 2. The van der Waals surface area contributed by atoms with Gasteiger partial charge in [0.2, 0.25) is 0 Å². The number of amides is 2. The van der Waals surface area contributed by atoms with E-state index < -0.39 is 11.8 Å². The maximum atomic E-state index is 11.9. The monoisotopic (exact) mass is 371 g/mol. The number of methoxy groups -OCH3 is 2. The molecule has 0 radical (unpaired) electrons. The number of nitrogens with zero attached hydrogens (tertiary/aromatic N) is 1. The van der Waals surface area contributed by atoms with Crippen LogP contribution in [0.3, 0.4) is 0 Å². The third-order valence-electron chi connectivity index (χ3n) is 3.44. The Morgan fingerprint density at radius 2 is 1.70 bits per heavy atom. The van der Waals surface area contributed by atoms with Gasteiger partial charge in [0, 0.05) is 17.3 Å². The van der Waals surface area contributed by atoms with Crippen LogP contribution in [0.4, 0.5) is 5.69 Å². The Morgan fingerprint density at radius 3 is 2.33 bits per heavy atom. The van der Waals surface area contributed by atoms with Crippen LogP contribution >= 0.6 is 0 Å². The average Bonchev–Trinajstić information content (AvgIpc) is 2.69. The highest BCUT2D eigenvalue weighted by atomic mass is 16.5. The summed E-state index contributed by atoms with van der Waals surface area (Å²) in [5.41, 5.74) is 3.26. The van der Waals surface area contributed by atoms with Crippen LogP contribution in [0.5, 0.6) is 17.2 Å². The highest BCUT2D eigenvalue weighted by Crippen LogP contribution is 2.23. The van der Waals surface area contributed by atoms with Crippen LogP contribution in [0.2, 0.25) is 0 Å². The molecular formula is C19H21N3O5. The fourth-order valence-corrected chi connectivity index (χ4v) is 2.13. The number of hydrogen-bond acceptors (Lipinski definition) is 6. The SMILES string of the molecule is CCOc1ccc(NC(=O)C(=O)N/N=C\c2ccc(OC)cc2OC)cc1. The lowest BCUT2D eigenvalue weighted by molar-refractivity contribution is -0.136. The van der Waals surface area contributed by atoms with Crippen LogP contribution in [-0.2, 0) is 9.59 Å². The Bertz CT molecular complexity index is 819. The third kappa shape index (κ3) is 5.74. The zero-order chi connectivity index (χ0) is 19.6. The van der Waals surface area contributed by atoms with Crippen LogP contribution in [0.15, 0.2) is 47.6 Å². The topological polar surface area (TPSA) is 98.2 Å². The van der Waals surface area contributed by atoms with Crippen molar-refractivity contribution in [3.63, 3.8) is 0 Å². The van der Waals surface area contributed by atoms with Gasteiger partial charge in [0.05, 0.1) is 27.0 Å². The first kappa shape index (κ1) is 19.8. The molecule has 0 saturated carbocycles. The molecule has 0 fully saturated rings. The molecule has 8 nitrogen and oxygen atoms in total. The van der Waals surface area contributed by atoms with Gasteiger partial charge in [-0.2, -0.15) is 5.10 Å². The van der Waals surface area contributed by atoms with E-state index in [1.165, 1.54) is 13.3 Å². The standard InChI is InChI=1S/C19H21N3O5/c1-4-27-15-9-6-14(7-10-15)21-18(23)19(24)22-20-12-13-5-8-16(25-2)11-17(13)26-3/h5-12H,4H2,1-3H3,(H,21,23)(H,22,24)/b20-12-. The predicted octanol–water partition coefficient (Wildman–Crippen LogP) is 2.19. The van der Waals surface area contributed by atoms with E-state index in [9.17, 15) is 9.59 Å². The molecule has 2 N–H and O–H groups in total. The molecule has 0 bridgehead atoms. The molecule has 0 saturated heterocycles. The van der Waals surface area contributed by atoms with Crippen molar-refractivity contribution in [2.24, 2.45) is 5.10 Å². The fraction of sp³-hybridized carbons (Fsp3) is 0.211. The van der Waals surface area contributed by atoms with E-state index in [2.05, 4.69) is 15.8 Å². The summed E-state index contributed by atoms with van der Waals surface area (Å²) >= 11 is 0. The maximum absolute atomic E-state index is 11.9. The van der Waals surface area contributed by atoms with Gasteiger partial charge < -0.3 is 19.5 Å². The molecular weight excluding hydrogens is 350 g/mol. The summed E-state index contributed by atoms with van der Waals surface area (Å²) < 4.78 is 15.6. The maximum Gasteiger partial charge on any atom is 0.329 e. The van der Waals surface area contributed by atoms with E-state index in [-0.39, 0.29) is 0 Å². The Labute approximate surface area is 157 Å². The van der Waals surface area contributed by atoms with Crippen molar-refractivity contribution < 1.29 is 23.8 Å². The molecule has 2 aromatic rings. The number of carbonyl (C=O) groups is 2. The summed E-state index contributed by atoms with van der Waals surface area (Å²) in [6.07, 6.45) is 1.38. The first-order valence-corrected chi connectivity index (χ1v) is 8.16. The molecule has 0 unspecified atom stereocenters. The molecule has 8 heteroatoms. The van der Waals surface area contributed by atoms with Gasteiger partial charge in [-0.15, -0.1) is 0 Å². The molecule has 2 aromatic carbocycles. The number of carbonyl (C=O) groups excluding carboxylic acids is 2. The van der Waals surface area contributed by atoms with Crippen molar-refractivity contribution >= 4 is 23.7 Å². The number of ether oxygens (including phenoxy) is 3. The summed E-state index contributed by atoms with van der Waals surface area (Å²) in [5.74, 6) is 0.0950. The van der Waals surface area contributed by atoms with Gasteiger partial charge in [-0.05, 0) is 43.3 Å². The van der Waals surface area contributed by atoms with Gasteiger partial charge in [-0.1, -0.05) is 0 Å². The summed E-state index contributed by atoms with van der Waals surface area (Å²) in [6.45, 7) is 2.42. The minimum atomic E-state index is -0.896. The first-order valence-electron chi connectivity index (χ1n) is 8.16. The van der Waals surface area contributed by atoms with Crippen LogP contribution in [-0.4, -0.2) is 38.9 Å². The zero-order valence-corrected chi connectivity index (χ0v) is 15.3. The van der Waals surface area contributed by atoms with Crippen molar-refractivity contribution in [1.29, 1.82) is 0 Å². The molecule has 0 aliphatic rings. The van der Waals surface area contributed by atoms with E-state index in [1.54, 1.807) is 49.6 Å². The van der Waals surface area contributed by atoms with Gasteiger partial charge in [0.1, 0.15) is 17.2 Å². The molecule has 0 heterocycles. The van der Waals surface area contributed by atoms with Crippen molar-refractivity contribution in [2.75, 3.05) is 26.1 Å². The van der Waals surface area contributed by atoms with E-state index >= 15 is 0 Å². The summed E-state index contributed by atoms with van der Waals surface area (Å²) in [6, 6.07) is 11.8. The van der Waals surface area contributed by atoms with Crippen molar-refractivity contribution in [2.45, 2.75) is 6.92 Å². The Morgan fingerprint density at radius 1 is 1.00 bits per heavy atom. The predicted molar refractivity (Wildman–Crippen MR) is 102 cm³/mol. The second kappa shape index (κ2) is 9.81. The van der Waals surface area contributed by atoms with Gasteiger partial charge in [-0.25, -0.2) is 5.43 Å². The smallest absolute Gasteiger partial charge is 0.329 e. The Balaban J connectivity index is 1.92. The summed E-state index contributed by atoms with van der Waals surface area (Å²) in [7, 11) is 3.06. The lowest BCUT2D eigenvalue weighted by Gasteiger charge is -2.07. The van der Waals surface area contributed by atoms with Crippen molar-refractivity contribution in [1.82, 2.24) is 5.43 Å². The fourth-order valence-electron chi connectivity index (χ4n) is 2.13. The Kier molecular flexibility index (Phi) is 7.18. The van der Waals surface area contributed by atoms with Gasteiger partial charge in [0.15, 0.2) is 0 Å². The number of hydrazone groups is 1. The highest BCUT2D eigenvalue weighted by Gasteiger charge is 2.13. The van der Waals surface area contributed by atoms with E-state index in [1.807, 2.05) is 6.92 Å². The van der Waals surface area contributed by atoms with E-state index in [0.29, 0.717) is 35.1 Å². The molecule has 0 aliphatic heterocycles. The number of rotatable bonds is 7. The molecule has 0 spiro atoms. The molecule has 27 heavy (non-hydrogen) atoms. The lowest BCUT2D eigenvalue weighted by atomic mass is 10.2. The Hall–Kier alpha value is -3.55. The molecule has 0 aliphatic carbocycles. The van der Waals surface area contributed by atoms with Gasteiger partial charge >= 0.3 is 11.8 Å². The summed E-state index contributed by atoms with van der Waals surface area (Å²) in [4.78, 5) is 23.8. The van der Waals surface area contributed by atoms with Crippen LogP contribution in [0.25, 0.3) is 0 Å². The van der Waals surface area contributed by atoms with Gasteiger partial charge in [-0.3, -0.25) is 9.59 Å². The molecule has 0 atom stereocenters. The van der Waals surface area contributed by atoms with Crippen LogP contribution in [0, 0.1) is 0 Å². The normalized spacial score (nSPS) is 10.3. The van der Waals surface area contributed by atoms with E-state index in [4.69, 9.17) is 14.2 Å². The third-order valence-corrected chi connectivity index (χ3v) is 3.44. The average molecular weight is 371 g/mol. The highest BCUT2D eigenvalue weighted by molar-refractivity contribution is 6.39. The van der Waals surface area contributed by atoms with Crippen LogP contribution < -0.4 is 25.0 Å². The largest absolute Gasteiger partial charge is 0.497 e. The molecule has 2 rings (SSSR count). The summed E-state index contributed by atoms with van der Waals surface area (Å²) in [5, 5.41) is 6.26. The second-order valence-electron chi connectivity index (χ2n) is 5.22. The molecule has 0 aromatic heterocycles. The quantitative estimate of drug-likeness (QED) is 0.442. The number of hydrogen-bond donors (Lipinski definition) is 2. The number of anilines is 1. The van der Waals surface area contributed by atoms with Gasteiger partial charge in [0.25, 0.3) is 0 Å². The van der Waals surface area contributed by atoms with Crippen molar-refractivity contribution in [3.05, 3.63) is 48.0 Å². The first-order chi connectivity index (χ1) is 13.1. The minimum Gasteiger partial charge on any atom is -0.497 e. The second-order valence-corrected chi connectivity index (χ2v) is 5.22. The minimum absolute atomic E-state index is 0.472. The molecule has 142 valence electrons. The lowest BCUT2D eigenvalue weighted by Crippen LogP contribution is -2.32. The molecule has 2 amide bonds. The zero-order valence-electron chi connectivity index (χ0n) is 15.3. The van der Waals surface area contributed by atoms with Crippen molar-refractivity contribution in [3.8, 4) is 17.2 Å². The van der Waals surface area contributed by atoms with Crippen LogP contribution in [0.1, 0.15) is 12.5 Å². The number of benzene rings is 2.